The molecule has 4 N–H and O–H groups in total. The molecule has 5 atom stereocenters. The molecule has 18 heteroatoms. The van der Waals surface area contributed by atoms with Gasteiger partial charge in [-0.15, -0.1) is 0 Å². The van der Waals surface area contributed by atoms with Crippen molar-refractivity contribution < 1.29 is 75.8 Å². The first-order valence-corrected chi connectivity index (χ1v) is 54.7. The molecule has 738 valence electrons. The van der Waals surface area contributed by atoms with E-state index in [0.29, 0.717) is 19.3 Å². The lowest BCUT2D eigenvalue weighted by atomic mass is 10.0. The molecule has 0 rings (SSSR count). The summed E-state index contributed by atoms with van der Waals surface area (Å²) in [5, 5.41) is 20.8. The van der Waals surface area contributed by atoms with Crippen LogP contribution in [0.2, 0.25) is 0 Å². The molecule has 0 aliphatic rings. The average Bonchev–Trinajstić information content (AvgIpc) is 0.899. The fourth-order valence-electron chi connectivity index (χ4n) is 14.1. The summed E-state index contributed by atoms with van der Waals surface area (Å²) in [7, 11) is -9.82. The Morgan fingerprint density at radius 1 is 0.217 bits per heavy atom. The first kappa shape index (κ1) is 123. The number of aliphatic hydroxyl groups excluding tert-OH is 2. The van der Waals surface area contributed by atoms with Crippen LogP contribution in [-0.2, 0) is 55.8 Å². The number of hydrogen-bond acceptors (Lipinski definition) is 14. The van der Waals surface area contributed by atoms with Crippen LogP contribution in [0.25, 0.3) is 0 Å². The predicted molar refractivity (Wildman–Crippen MR) is 546 cm³/mol. The van der Waals surface area contributed by atoms with E-state index in [2.05, 4.69) is 215 Å². The summed E-state index contributed by atoms with van der Waals surface area (Å²) in [5.74, 6) is -1.57. The van der Waals surface area contributed by atoms with E-state index in [1.54, 1.807) is 0 Å². The molecule has 0 radical (unpaired) electrons. The van der Waals surface area contributed by atoms with Crippen molar-refractivity contribution in [1.82, 2.24) is 0 Å². The van der Waals surface area contributed by atoms with Crippen LogP contribution < -0.4 is 0 Å². The van der Waals surface area contributed by atoms with E-state index in [0.717, 1.165) is 186 Å². The Labute approximate surface area is 788 Å². The van der Waals surface area contributed by atoms with Gasteiger partial charge in [0.15, 0.2) is 6.10 Å². The molecule has 129 heavy (non-hydrogen) atoms. The third-order valence-corrected chi connectivity index (χ3v) is 23.7. The van der Waals surface area contributed by atoms with E-state index in [4.69, 9.17) is 32.3 Å². The molecule has 0 bridgehead atoms. The molecule has 0 aromatic heterocycles. The van der Waals surface area contributed by atoms with Gasteiger partial charge < -0.3 is 34.2 Å². The molecule has 0 aromatic rings. The number of allylic oxidation sites excluding steroid dienone is 32. The van der Waals surface area contributed by atoms with Crippen LogP contribution in [0.3, 0.4) is 0 Å². The van der Waals surface area contributed by atoms with E-state index in [1.807, 2.05) is 0 Å². The minimum Gasteiger partial charge on any atom is -0.463 e. The highest BCUT2D eigenvalue weighted by Gasteiger charge is 2.30. The largest absolute Gasteiger partial charge is 0.472 e. The second-order valence-corrected chi connectivity index (χ2v) is 37.1. The van der Waals surface area contributed by atoms with Crippen LogP contribution in [0.1, 0.15) is 432 Å². The lowest BCUT2D eigenvalue weighted by Gasteiger charge is -2.21. The van der Waals surface area contributed by atoms with Crippen LogP contribution >= 0.6 is 15.6 Å². The van der Waals surface area contributed by atoms with E-state index in [9.17, 15) is 43.5 Å². The summed E-state index contributed by atoms with van der Waals surface area (Å²) in [6, 6.07) is 0. The monoisotopic (exact) mass is 1840 g/mol. The Hall–Kier alpha value is -5.61. The Morgan fingerprint density at radius 3 is 0.612 bits per heavy atom. The minimum absolute atomic E-state index is 0.0886. The quantitative estimate of drug-likeness (QED) is 0.0146. The molecule has 0 saturated heterocycles. The predicted octanol–water partition coefficient (Wildman–Crippen LogP) is 32.9. The summed E-state index contributed by atoms with van der Waals surface area (Å²) in [6.07, 6.45) is 136. The molecule has 0 aliphatic heterocycles. The Bertz CT molecular complexity index is 3130. The molecule has 0 saturated carbocycles. The summed E-state index contributed by atoms with van der Waals surface area (Å²) < 4.78 is 61.7. The highest BCUT2D eigenvalue weighted by molar-refractivity contribution is 7.47. The fourth-order valence-corrected chi connectivity index (χ4v) is 15.7. The lowest BCUT2D eigenvalue weighted by molar-refractivity contribution is -0.161. The van der Waals surface area contributed by atoms with Crippen molar-refractivity contribution in [1.29, 1.82) is 0 Å². The first-order chi connectivity index (χ1) is 63.2. The highest BCUT2D eigenvalue weighted by atomic mass is 31.2. The lowest BCUT2D eigenvalue weighted by Crippen LogP contribution is -2.30. The average molecular weight is 1840 g/mol. The molecule has 0 fully saturated rings. The van der Waals surface area contributed by atoms with Gasteiger partial charge >= 0.3 is 33.6 Å². The molecule has 16 nitrogen and oxygen atoms in total. The summed E-state index contributed by atoms with van der Waals surface area (Å²) >= 11 is 0. The zero-order chi connectivity index (χ0) is 93.5. The van der Waals surface area contributed by atoms with Gasteiger partial charge in [-0.25, -0.2) is 9.13 Å². The number of phosphoric acid groups is 2. The molecular weight excluding hydrogens is 1650 g/mol. The van der Waals surface area contributed by atoms with E-state index < -0.39 is 91.5 Å². The zero-order valence-electron chi connectivity index (χ0n) is 81.8. The van der Waals surface area contributed by atoms with Crippen LogP contribution in [-0.4, -0.2) is 95.9 Å². The van der Waals surface area contributed by atoms with Gasteiger partial charge in [0.05, 0.1) is 26.4 Å². The van der Waals surface area contributed by atoms with Crippen molar-refractivity contribution in [3.8, 4) is 0 Å². The summed E-state index contributed by atoms with van der Waals surface area (Å²) in [6.45, 7) is 2.39. The first-order valence-electron chi connectivity index (χ1n) is 51.7. The van der Waals surface area contributed by atoms with Crippen molar-refractivity contribution in [3.05, 3.63) is 194 Å². The van der Waals surface area contributed by atoms with Crippen LogP contribution in [0.15, 0.2) is 194 Å². The number of aliphatic hydroxyl groups is 2. The fraction of sp³-hybridized carbons (Fsp3) is 0.685. The Kier molecular flexibility index (Phi) is 97.0. The number of unbranched alkanes of at least 4 members (excludes halogenated alkanes) is 42. The third kappa shape index (κ3) is 103. The molecule has 0 heterocycles. The maximum Gasteiger partial charge on any atom is 0.472 e. The van der Waals surface area contributed by atoms with Crippen molar-refractivity contribution >= 4 is 33.6 Å². The topological polar surface area (TPSA) is 231 Å². The van der Waals surface area contributed by atoms with Gasteiger partial charge in [-0.2, -0.15) is 0 Å². The Balaban J connectivity index is 4.55. The molecule has 0 amide bonds. The normalized spacial score (nSPS) is 14.4. The van der Waals surface area contributed by atoms with E-state index in [1.165, 1.54) is 186 Å². The number of carbonyl (C=O) groups is 3. The molecule has 0 spiro atoms. The zero-order valence-corrected chi connectivity index (χ0v) is 83.6. The second-order valence-electron chi connectivity index (χ2n) is 34.2. The second kappa shape index (κ2) is 101. The van der Waals surface area contributed by atoms with Crippen molar-refractivity contribution in [2.45, 2.75) is 450 Å². The molecule has 0 aliphatic carbocycles. The SMILES string of the molecule is CC/C=C\C/C=C\C/C=C\C/C=C\C/C=C\C/C=C\CCCCCCCCCCCCCCCCCCC(=O)OCC(O)COP(=O)(O)OCC(O)COP(=O)(O)OCC(COC(=O)CCCCCCCCCCCCCCCCCCCCC/C=C\C/C=C\C/C=C\C/C=C\C/C=C\CC)OC(=O)CCCCCCCCC/C=C\C/C=C\C/C=C\C/C=C\C/C=C\CC. The van der Waals surface area contributed by atoms with Crippen LogP contribution in [0.5, 0.6) is 0 Å². The van der Waals surface area contributed by atoms with E-state index in [-0.39, 0.29) is 19.3 Å². The van der Waals surface area contributed by atoms with Crippen LogP contribution in [0, 0.1) is 0 Å². The van der Waals surface area contributed by atoms with Crippen molar-refractivity contribution in [3.63, 3.8) is 0 Å². The molecule has 5 unspecified atom stereocenters. The maximum absolute atomic E-state index is 13.1. The number of rotatable bonds is 97. The molecule has 0 aromatic carbocycles. The number of hydrogen-bond donors (Lipinski definition) is 4. The van der Waals surface area contributed by atoms with Gasteiger partial charge in [-0.3, -0.25) is 32.5 Å². The highest BCUT2D eigenvalue weighted by Crippen LogP contribution is 2.45. The molecular formula is C111H188O16P2. The standard InChI is InChI=1S/C111H188O16P2/c1-4-7-10-13-16-19-22-25-28-31-34-37-40-42-44-46-48-50-52-54-56-58-60-62-65-67-70-73-76-79-82-85-88-91-94-97-109(114)121-100-106(112)101-123-128(117,118)124-102-107(113)103-125-129(119,120)126-105-108(127-111(116)99-96-93-90-87-84-81-78-75-72-69-64-39-36-33-30-27-24-21-18-15-12-9-6-3)104-122-110(115)98-95-92-89-86-83-80-77-74-71-68-66-63-61-59-57-55-53-51-49-47-45-43-41-38-35-32-29-26-23-20-17-14-11-8-5-2/h7-12,16-21,25-30,34-39,42-45,48,50,69,72,106-108,112-113H,4-6,13-15,22-24,31-33,40-41,46-47,49,51-68,70-71,73-105H2,1-3H3,(H,117,118)(H,119,120)/b10-7-,11-8-,12-9-,19-16-,20-17-,21-18-,28-25-,29-26-,30-27-,37-34-,38-35-,39-36-,44-42-,45-43-,50-48-,72-69-. The van der Waals surface area contributed by atoms with Crippen LogP contribution in [0.4, 0.5) is 0 Å². The maximum atomic E-state index is 13.1. The van der Waals surface area contributed by atoms with Gasteiger partial charge in [0.1, 0.15) is 25.4 Å². The van der Waals surface area contributed by atoms with Gasteiger partial charge in [-0.1, -0.05) is 446 Å². The van der Waals surface area contributed by atoms with Crippen molar-refractivity contribution in [2.75, 3.05) is 39.6 Å². The third-order valence-electron chi connectivity index (χ3n) is 21.8. The number of ether oxygens (including phenoxy) is 3. The smallest absolute Gasteiger partial charge is 0.463 e. The van der Waals surface area contributed by atoms with E-state index >= 15 is 0 Å². The van der Waals surface area contributed by atoms with Gasteiger partial charge in [0, 0.05) is 19.3 Å². The summed E-state index contributed by atoms with van der Waals surface area (Å²) in [4.78, 5) is 59.2. The number of esters is 3. The summed E-state index contributed by atoms with van der Waals surface area (Å²) in [5.41, 5.74) is 0. The Morgan fingerprint density at radius 2 is 0.388 bits per heavy atom. The van der Waals surface area contributed by atoms with Gasteiger partial charge in [0.2, 0.25) is 0 Å². The number of phosphoric ester groups is 2. The number of carbonyl (C=O) groups excluding carboxylic acids is 3. The van der Waals surface area contributed by atoms with Gasteiger partial charge in [0.25, 0.3) is 0 Å². The van der Waals surface area contributed by atoms with Gasteiger partial charge in [-0.05, 0) is 161 Å². The minimum atomic E-state index is -4.95. The van der Waals surface area contributed by atoms with Crippen molar-refractivity contribution in [2.24, 2.45) is 0 Å².